The zero-order chi connectivity index (χ0) is 16.2. The van der Waals surface area contributed by atoms with Crippen LogP contribution in [0.3, 0.4) is 0 Å². The number of para-hydroxylation sites is 1. The molecule has 1 saturated heterocycles. The largest absolute Gasteiger partial charge is 0.352 e. The van der Waals surface area contributed by atoms with Crippen LogP contribution in [0.25, 0.3) is 0 Å². The second-order valence-corrected chi connectivity index (χ2v) is 7.65. The standard InChI is InChI=1S/C15H20N2O4S/c1-12(18)17(14-5-3-2-4-6-14)9-7-15(19)16-13-8-10-22(20,21)11-13/h2-6,13H,7-11H2,1H3,(H,16,19). The summed E-state index contributed by atoms with van der Waals surface area (Å²) in [5.74, 6) is -0.234. The first-order valence-corrected chi connectivity index (χ1v) is 9.02. The number of hydrogen-bond acceptors (Lipinski definition) is 4. The fourth-order valence-corrected chi connectivity index (χ4v) is 4.17. The van der Waals surface area contributed by atoms with E-state index in [9.17, 15) is 18.0 Å². The minimum atomic E-state index is -3.01. The molecule has 1 N–H and O–H groups in total. The molecule has 0 bridgehead atoms. The van der Waals surface area contributed by atoms with E-state index in [-0.39, 0.29) is 42.3 Å². The maximum absolute atomic E-state index is 11.9. The number of benzene rings is 1. The summed E-state index contributed by atoms with van der Waals surface area (Å²) in [4.78, 5) is 25.2. The van der Waals surface area contributed by atoms with Gasteiger partial charge in [-0.2, -0.15) is 0 Å². The van der Waals surface area contributed by atoms with Gasteiger partial charge in [0, 0.05) is 31.6 Å². The van der Waals surface area contributed by atoms with Crippen molar-refractivity contribution in [3.8, 4) is 0 Å². The Balaban J connectivity index is 1.88. The lowest BCUT2D eigenvalue weighted by atomic mass is 10.2. The molecule has 0 aromatic heterocycles. The van der Waals surface area contributed by atoms with Crippen molar-refractivity contribution in [2.45, 2.75) is 25.8 Å². The molecule has 120 valence electrons. The highest BCUT2D eigenvalue weighted by atomic mass is 32.2. The number of carbonyl (C=O) groups is 2. The van der Waals surface area contributed by atoms with Crippen LogP contribution in [0.15, 0.2) is 30.3 Å². The number of rotatable bonds is 5. The first-order valence-electron chi connectivity index (χ1n) is 7.20. The van der Waals surface area contributed by atoms with Crippen LogP contribution in [0.5, 0.6) is 0 Å². The number of amides is 2. The second-order valence-electron chi connectivity index (χ2n) is 5.42. The van der Waals surface area contributed by atoms with E-state index in [1.54, 1.807) is 0 Å². The van der Waals surface area contributed by atoms with Crippen LogP contribution in [-0.4, -0.2) is 44.3 Å². The van der Waals surface area contributed by atoms with E-state index in [1.165, 1.54) is 11.8 Å². The Bertz CT molecular complexity index is 643. The quantitative estimate of drug-likeness (QED) is 0.865. The maximum atomic E-state index is 11.9. The van der Waals surface area contributed by atoms with E-state index in [0.29, 0.717) is 6.42 Å². The van der Waals surface area contributed by atoms with Crippen molar-refractivity contribution in [1.29, 1.82) is 0 Å². The first-order chi connectivity index (χ1) is 10.4. The van der Waals surface area contributed by atoms with Crippen LogP contribution in [0.4, 0.5) is 5.69 Å². The molecule has 6 nitrogen and oxygen atoms in total. The van der Waals surface area contributed by atoms with E-state index in [2.05, 4.69) is 5.32 Å². The van der Waals surface area contributed by atoms with Gasteiger partial charge in [-0.1, -0.05) is 18.2 Å². The van der Waals surface area contributed by atoms with E-state index >= 15 is 0 Å². The van der Waals surface area contributed by atoms with Crippen molar-refractivity contribution in [3.63, 3.8) is 0 Å². The third kappa shape index (κ3) is 4.56. The fourth-order valence-electron chi connectivity index (χ4n) is 2.50. The lowest BCUT2D eigenvalue weighted by molar-refractivity contribution is -0.121. The van der Waals surface area contributed by atoms with E-state index in [1.807, 2.05) is 30.3 Å². The molecule has 1 unspecified atom stereocenters. The van der Waals surface area contributed by atoms with E-state index < -0.39 is 9.84 Å². The maximum Gasteiger partial charge on any atom is 0.223 e. The Morgan fingerprint density at radius 3 is 2.50 bits per heavy atom. The highest BCUT2D eigenvalue weighted by Gasteiger charge is 2.28. The predicted octanol–water partition coefficient (Wildman–Crippen LogP) is 0.733. The normalized spacial score (nSPS) is 19.6. The summed E-state index contributed by atoms with van der Waals surface area (Å²) in [7, 11) is -3.01. The van der Waals surface area contributed by atoms with Crippen LogP contribution in [0, 0.1) is 0 Å². The van der Waals surface area contributed by atoms with Gasteiger partial charge in [0.2, 0.25) is 11.8 Å². The number of carbonyl (C=O) groups excluding carboxylic acids is 2. The summed E-state index contributed by atoms with van der Waals surface area (Å²) >= 11 is 0. The van der Waals surface area contributed by atoms with Crippen molar-refractivity contribution in [3.05, 3.63) is 30.3 Å². The topological polar surface area (TPSA) is 83.6 Å². The lowest BCUT2D eigenvalue weighted by Gasteiger charge is -2.21. The molecule has 1 aliphatic heterocycles. The lowest BCUT2D eigenvalue weighted by Crippen LogP contribution is -2.38. The zero-order valence-corrected chi connectivity index (χ0v) is 13.3. The van der Waals surface area contributed by atoms with Crippen molar-refractivity contribution < 1.29 is 18.0 Å². The number of anilines is 1. The minimum absolute atomic E-state index is 0.00779. The number of sulfone groups is 1. The molecule has 0 saturated carbocycles. The molecular formula is C15H20N2O4S. The van der Waals surface area contributed by atoms with Gasteiger partial charge in [-0.15, -0.1) is 0 Å². The van der Waals surface area contributed by atoms with Gasteiger partial charge >= 0.3 is 0 Å². The Hall–Kier alpha value is -1.89. The van der Waals surface area contributed by atoms with Crippen LogP contribution in [-0.2, 0) is 19.4 Å². The molecule has 0 aliphatic carbocycles. The van der Waals surface area contributed by atoms with Gasteiger partial charge < -0.3 is 10.2 Å². The summed E-state index contributed by atoms with van der Waals surface area (Å²) in [5, 5.41) is 2.72. The molecule has 0 radical (unpaired) electrons. The van der Waals surface area contributed by atoms with Crippen LogP contribution in [0.1, 0.15) is 19.8 Å². The summed E-state index contributed by atoms with van der Waals surface area (Å²) in [5.41, 5.74) is 0.742. The first kappa shape index (κ1) is 16.5. The van der Waals surface area contributed by atoms with Crippen molar-refractivity contribution in [2.75, 3.05) is 23.0 Å². The third-order valence-corrected chi connectivity index (χ3v) is 5.38. The van der Waals surface area contributed by atoms with Gasteiger partial charge in [0.1, 0.15) is 0 Å². The summed E-state index contributed by atoms with van der Waals surface area (Å²) < 4.78 is 22.7. The number of nitrogens with one attached hydrogen (secondary N) is 1. The predicted molar refractivity (Wildman–Crippen MR) is 84.3 cm³/mol. The Morgan fingerprint density at radius 1 is 1.27 bits per heavy atom. The summed E-state index contributed by atoms with van der Waals surface area (Å²) in [6, 6.07) is 8.82. The van der Waals surface area contributed by atoms with Crippen molar-refractivity contribution in [2.24, 2.45) is 0 Å². The Morgan fingerprint density at radius 2 is 1.95 bits per heavy atom. The minimum Gasteiger partial charge on any atom is -0.352 e. The van der Waals surface area contributed by atoms with Gasteiger partial charge in [-0.3, -0.25) is 9.59 Å². The highest BCUT2D eigenvalue weighted by Crippen LogP contribution is 2.14. The average Bonchev–Trinajstić information content (AvgIpc) is 2.79. The van der Waals surface area contributed by atoms with Gasteiger partial charge in [-0.25, -0.2) is 8.42 Å². The van der Waals surface area contributed by atoms with Gasteiger partial charge in [0.05, 0.1) is 11.5 Å². The third-order valence-electron chi connectivity index (χ3n) is 3.61. The smallest absolute Gasteiger partial charge is 0.223 e. The van der Waals surface area contributed by atoms with Crippen LogP contribution in [0.2, 0.25) is 0 Å². The molecule has 22 heavy (non-hydrogen) atoms. The molecule has 1 atom stereocenters. The average molecular weight is 324 g/mol. The molecule has 0 spiro atoms. The molecule has 2 rings (SSSR count). The molecule has 1 aromatic carbocycles. The molecule has 1 fully saturated rings. The van der Waals surface area contributed by atoms with Gasteiger partial charge in [0.15, 0.2) is 9.84 Å². The van der Waals surface area contributed by atoms with Gasteiger partial charge in [0.25, 0.3) is 0 Å². The molecule has 1 aromatic rings. The molecular weight excluding hydrogens is 304 g/mol. The SMILES string of the molecule is CC(=O)N(CCC(=O)NC1CCS(=O)(=O)C1)c1ccccc1. The molecule has 1 heterocycles. The Labute approximate surface area is 130 Å². The number of hydrogen-bond donors (Lipinski definition) is 1. The van der Waals surface area contributed by atoms with Gasteiger partial charge in [-0.05, 0) is 18.6 Å². The van der Waals surface area contributed by atoms with E-state index in [0.717, 1.165) is 5.69 Å². The molecule has 2 amide bonds. The Kier molecular flexibility index (Phi) is 5.18. The highest BCUT2D eigenvalue weighted by molar-refractivity contribution is 7.91. The van der Waals surface area contributed by atoms with E-state index in [4.69, 9.17) is 0 Å². The second kappa shape index (κ2) is 6.91. The monoisotopic (exact) mass is 324 g/mol. The number of nitrogens with zero attached hydrogens (tertiary/aromatic N) is 1. The molecule has 7 heteroatoms. The fraction of sp³-hybridized carbons (Fsp3) is 0.467. The van der Waals surface area contributed by atoms with Crippen molar-refractivity contribution in [1.82, 2.24) is 5.32 Å². The van der Waals surface area contributed by atoms with Crippen LogP contribution >= 0.6 is 0 Å². The van der Waals surface area contributed by atoms with Crippen molar-refractivity contribution >= 4 is 27.3 Å². The summed E-state index contributed by atoms with van der Waals surface area (Å²) in [6.45, 7) is 1.72. The summed E-state index contributed by atoms with van der Waals surface area (Å²) in [6.07, 6.45) is 0.605. The zero-order valence-electron chi connectivity index (χ0n) is 12.5. The molecule has 1 aliphatic rings. The van der Waals surface area contributed by atoms with Crippen LogP contribution < -0.4 is 10.2 Å².